The third kappa shape index (κ3) is 3.61. The van der Waals surface area contributed by atoms with Crippen LogP contribution in [0, 0.1) is 0 Å². The number of benzene rings is 3. The fourth-order valence-corrected chi connectivity index (χ4v) is 2.20. The van der Waals surface area contributed by atoms with E-state index in [0.717, 1.165) is 11.4 Å². The van der Waals surface area contributed by atoms with Gasteiger partial charge < -0.3 is 5.32 Å². The van der Waals surface area contributed by atoms with Crippen LogP contribution in [-0.2, 0) is 0 Å². The first kappa shape index (κ1) is 13.2. The lowest BCUT2D eigenvalue weighted by atomic mass is 10.1. The fraction of sp³-hybridized carbons (Fsp3) is 0. The molecule has 0 aliphatic carbocycles. The number of hydrogen-bond donors (Lipinski definition) is 1. The van der Waals surface area contributed by atoms with E-state index >= 15 is 0 Å². The Morgan fingerprint density at radius 3 is 1.76 bits per heavy atom. The van der Waals surface area contributed by atoms with Crippen molar-refractivity contribution in [2.24, 2.45) is 0 Å². The van der Waals surface area contributed by atoms with Crippen molar-refractivity contribution >= 4 is 17.5 Å². The molecule has 3 aromatic carbocycles. The number of anilines is 1. The largest absolute Gasteiger partial charge is 0.355 e. The molecule has 0 fully saturated rings. The molecule has 0 atom stereocenters. The average Bonchev–Trinajstić information content (AvgIpc) is 2.57. The Morgan fingerprint density at radius 2 is 1.14 bits per heavy atom. The Hall–Kier alpha value is -2.80. The van der Waals surface area contributed by atoms with Gasteiger partial charge in [0, 0.05) is 11.4 Å². The van der Waals surface area contributed by atoms with Gasteiger partial charge in [-0.2, -0.15) is 0 Å². The van der Waals surface area contributed by atoms with Crippen LogP contribution in [0.1, 0.15) is 11.1 Å². The van der Waals surface area contributed by atoms with Crippen LogP contribution in [-0.4, -0.2) is 0 Å². The van der Waals surface area contributed by atoms with Crippen LogP contribution < -0.4 is 5.32 Å². The Balaban J connectivity index is 1.97. The van der Waals surface area contributed by atoms with E-state index in [4.69, 9.17) is 0 Å². The Kier molecular flexibility index (Phi) is 4.13. The van der Waals surface area contributed by atoms with Crippen LogP contribution in [0.4, 0.5) is 5.69 Å². The molecule has 1 heteroatoms. The highest BCUT2D eigenvalue weighted by Gasteiger charge is 2.02. The molecule has 0 amide bonds. The summed E-state index contributed by atoms with van der Waals surface area (Å²) in [5.74, 6) is 0. The summed E-state index contributed by atoms with van der Waals surface area (Å²) >= 11 is 0. The van der Waals surface area contributed by atoms with Crippen molar-refractivity contribution in [3.05, 3.63) is 102 Å². The fourth-order valence-electron chi connectivity index (χ4n) is 2.20. The van der Waals surface area contributed by atoms with Crippen molar-refractivity contribution in [1.29, 1.82) is 0 Å². The van der Waals surface area contributed by atoms with E-state index in [1.165, 1.54) is 11.1 Å². The first-order valence-corrected chi connectivity index (χ1v) is 7.06. The lowest BCUT2D eigenvalue weighted by Crippen LogP contribution is -1.98. The predicted molar refractivity (Wildman–Crippen MR) is 90.8 cm³/mol. The van der Waals surface area contributed by atoms with Gasteiger partial charge in [-0.25, -0.2) is 0 Å². The van der Waals surface area contributed by atoms with E-state index in [1.54, 1.807) is 0 Å². The van der Waals surface area contributed by atoms with E-state index in [2.05, 4.69) is 72.1 Å². The third-order valence-electron chi connectivity index (χ3n) is 3.25. The van der Waals surface area contributed by atoms with E-state index in [1.807, 2.05) is 30.3 Å². The van der Waals surface area contributed by atoms with Gasteiger partial charge in [0.25, 0.3) is 0 Å². The lowest BCUT2D eigenvalue weighted by Gasteiger charge is -2.12. The zero-order valence-corrected chi connectivity index (χ0v) is 11.7. The molecule has 1 N–H and O–H groups in total. The number of para-hydroxylation sites is 1. The molecule has 0 aromatic heterocycles. The molecule has 0 saturated carbocycles. The SMILES string of the molecule is C(=C(\Nc1ccccc1)c1ccccc1)/c1ccccc1. The van der Waals surface area contributed by atoms with Crippen molar-refractivity contribution in [2.45, 2.75) is 0 Å². The predicted octanol–water partition coefficient (Wildman–Crippen LogP) is 5.30. The normalized spacial score (nSPS) is 11.1. The summed E-state index contributed by atoms with van der Waals surface area (Å²) in [5, 5.41) is 3.50. The third-order valence-corrected chi connectivity index (χ3v) is 3.25. The molecule has 1 nitrogen and oxygen atoms in total. The van der Waals surface area contributed by atoms with Gasteiger partial charge in [-0.05, 0) is 29.3 Å². The monoisotopic (exact) mass is 271 g/mol. The van der Waals surface area contributed by atoms with Crippen molar-refractivity contribution < 1.29 is 0 Å². The van der Waals surface area contributed by atoms with Crippen LogP contribution >= 0.6 is 0 Å². The molecule has 21 heavy (non-hydrogen) atoms. The molecule has 0 unspecified atom stereocenters. The van der Waals surface area contributed by atoms with E-state index in [0.29, 0.717) is 0 Å². The summed E-state index contributed by atoms with van der Waals surface area (Å²) in [6, 6.07) is 31.0. The number of hydrogen-bond acceptors (Lipinski definition) is 1. The molecule has 0 saturated heterocycles. The highest BCUT2D eigenvalue weighted by Crippen LogP contribution is 2.21. The Morgan fingerprint density at radius 1 is 0.619 bits per heavy atom. The molecular weight excluding hydrogens is 254 g/mol. The summed E-state index contributed by atoms with van der Waals surface area (Å²) in [6.45, 7) is 0. The Labute approximate surface area is 125 Å². The molecule has 3 rings (SSSR count). The van der Waals surface area contributed by atoms with E-state index < -0.39 is 0 Å². The second kappa shape index (κ2) is 6.58. The topological polar surface area (TPSA) is 12.0 Å². The zero-order valence-electron chi connectivity index (χ0n) is 11.7. The maximum Gasteiger partial charge on any atom is 0.0463 e. The first-order valence-electron chi connectivity index (χ1n) is 7.06. The maximum absolute atomic E-state index is 3.50. The van der Waals surface area contributed by atoms with Crippen LogP contribution in [0.15, 0.2) is 91.0 Å². The summed E-state index contributed by atoms with van der Waals surface area (Å²) in [7, 11) is 0. The van der Waals surface area contributed by atoms with Gasteiger partial charge in [-0.15, -0.1) is 0 Å². The molecule has 102 valence electrons. The van der Waals surface area contributed by atoms with E-state index in [9.17, 15) is 0 Å². The second-order valence-electron chi connectivity index (χ2n) is 4.83. The molecule has 0 heterocycles. The van der Waals surface area contributed by atoms with Gasteiger partial charge in [0.1, 0.15) is 0 Å². The molecular formula is C20H17N. The standard InChI is InChI=1S/C20H17N/c1-4-10-17(11-5-1)16-20(18-12-6-2-7-13-18)21-19-14-8-3-9-15-19/h1-16,21H/b20-16+. The summed E-state index contributed by atoms with van der Waals surface area (Å²) in [6.07, 6.45) is 2.17. The van der Waals surface area contributed by atoms with Gasteiger partial charge in [-0.1, -0.05) is 78.9 Å². The molecule has 0 bridgehead atoms. The van der Waals surface area contributed by atoms with Crippen molar-refractivity contribution in [3.8, 4) is 0 Å². The Bertz CT molecular complexity index is 701. The summed E-state index contributed by atoms with van der Waals surface area (Å²) in [4.78, 5) is 0. The minimum atomic E-state index is 1.09. The number of rotatable bonds is 4. The molecule has 3 aromatic rings. The van der Waals surface area contributed by atoms with Gasteiger partial charge in [0.05, 0.1) is 0 Å². The summed E-state index contributed by atoms with van der Waals surface area (Å²) < 4.78 is 0. The highest BCUT2D eigenvalue weighted by atomic mass is 14.9. The van der Waals surface area contributed by atoms with Crippen LogP contribution in [0.5, 0.6) is 0 Å². The smallest absolute Gasteiger partial charge is 0.0463 e. The summed E-state index contributed by atoms with van der Waals surface area (Å²) in [5.41, 5.74) is 4.53. The van der Waals surface area contributed by atoms with Crippen LogP contribution in [0.2, 0.25) is 0 Å². The van der Waals surface area contributed by atoms with Crippen molar-refractivity contribution in [1.82, 2.24) is 0 Å². The maximum atomic E-state index is 3.50. The van der Waals surface area contributed by atoms with Gasteiger partial charge in [-0.3, -0.25) is 0 Å². The quantitative estimate of drug-likeness (QED) is 0.635. The minimum Gasteiger partial charge on any atom is -0.355 e. The molecule has 0 spiro atoms. The van der Waals surface area contributed by atoms with Gasteiger partial charge in [0.15, 0.2) is 0 Å². The molecule has 0 radical (unpaired) electrons. The van der Waals surface area contributed by atoms with Gasteiger partial charge in [0.2, 0.25) is 0 Å². The molecule has 0 aliphatic heterocycles. The van der Waals surface area contributed by atoms with Crippen molar-refractivity contribution in [3.63, 3.8) is 0 Å². The molecule has 0 aliphatic rings. The van der Waals surface area contributed by atoms with Crippen LogP contribution in [0.3, 0.4) is 0 Å². The minimum absolute atomic E-state index is 1.09. The number of nitrogens with one attached hydrogen (secondary N) is 1. The van der Waals surface area contributed by atoms with E-state index in [-0.39, 0.29) is 0 Å². The lowest BCUT2D eigenvalue weighted by molar-refractivity contribution is 1.53. The average molecular weight is 271 g/mol. The van der Waals surface area contributed by atoms with Crippen LogP contribution in [0.25, 0.3) is 11.8 Å². The first-order chi connectivity index (χ1) is 10.4. The highest BCUT2D eigenvalue weighted by molar-refractivity contribution is 5.88. The van der Waals surface area contributed by atoms with Gasteiger partial charge >= 0.3 is 0 Å². The van der Waals surface area contributed by atoms with Crippen molar-refractivity contribution in [2.75, 3.05) is 5.32 Å². The zero-order chi connectivity index (χ0) is 14.3. The second-order valence-corrected chi connectivity index (χ2v) is 4.83.